The summed E-state index contributed by atoms with van der Waals surface area (Å²) < 4.78 is 0. The summed E-state index contributed by atoms with van der Waals surface area (Å²) in [6.45, 7) is 8.22. The average Bonchev–Trinajstić information content (AvgIpc) is 2.18. The van der Waals surface area contributed by atoms with Crippen molar-refractivity contribution >= 4 is 5.97 Å². The van der Waals surface area contributed by atoms with E-state index in [-0.39, 0.29) is 17.4 Å². The molecule has 0 rings (SSSR count). The van der Waals surface area contributed by atoms with Crippen molar-refractivity contribution in [1.29, 1.82) is 0 Å². The molecule has 0 saturated carbocycles. The van der Waals surface area contributed by atoms with Crippen molar-refractivity contribution in [3.05, 3.63) is 0 Å². The molecule has 1 unspecified atom stereocenters. The van der Waals surface area contributed by atoms with Crippen LogP contribution in [0.4, 0.5) is 0 Å². The van der Waals surface area contributed by atoms with Crippen LogP contribution in [-0.4, -0.2) is 11.1 Å². The second kappa shape index (κ2) is 8.19. The molecule has 0 fully saturated rings. The van der Waals surface area contributed by atoms with Gasteiger partial charge in [-0.05, 0) is 25.2 Å². The molecule has 0 amide bonds. The Labute approximate surface area is 105 Å². The molecular weight excluding hydrogens is 228 g/mol. The van der Waals surface area contributed by atoms with Crippen molar-refractivity contribution in [2.24, 2.45) is 11.3 Å². The van der Waals surface area contributed by atoms with Crippen molar-refractivity contribution in [3.8, 4) is 0 Å². The van der Waals surface area contributed by atoms with E-state index < -0.39 is 11.4 Å². The fraction of sp³-hybridized carbons (Fsp3) is 0.917. The quantitative estimate of drug-likeness (QED) is 0.750. The summed E-state index contributed by atoms with van der Waals surface area (Å²) in [4.78, 5) is 11.4. The topological polar surface area (TPSA) is 37.3 Å². The first-order chi connectivity index (χ1) is 6.58. The zero-order valence-electron chi connectivity index (χ0n) is 10.4. The molecule has 1 atom stereocenters. The number of rotatable bonds is 7. The van der Waals surface area contributed by atoms with E-state index in [9.17, 15) is 9.90 Å². The van der Waals surface area contributed by atoms with Gasteiger partial charge in [-0.15, -0.1) is 0 Å². The predicted molar refractivity (Wildman–Crippen MR) is 59.3 cm³/mol. The van der Waals surface area contributed by atoms with Gasteiger partial charge < -0.3 is 5.11 Å². The van der Waals surface area contributed by atoms with Crippen LogP contribution in [0.25, 0.3) is 0 Å². The first-order valence-electron chi connectivity index (χ1n) is 5.82. The Morgan fingerprint density at radius 1 is 1.20 bits per heavy atom. The van der Waals surface area contributed by atoms with Gasteiger partial charge in [0, 0.05) is 17.4 Å². The van der Waals surface area contributed by atoms with Gasteiger partial charge in [0.15, 0.2) is 0 Å². The van der Waals surface area contributed by atoms with Gasteiger partial charge in [0.05, 0.1) is 5.41 Å². The van der Waals surface area contributed by atoms with Crippen LogP contribution in [0.15, 0.2) is 0 Å². The molecular formula is C12H24CrO2. The van der Waals surface area contributed by atoms with Crippen molar-refractivity contribution < 1.29 is 27.3 Å². The van der Waals surface area contributed by atoms with Crippen LogP contribution in [0.2, 0.25) is 0 Å². The molecule has 0 aliphatic rings. The van der Waals surface area contributed by atoms with Crippen LogP contribution in [-0.2, 0) is 22.2 Å². The van der Waals surface area contributed by atoms with Gasteiger partial charge in [0.2, 0.25) is 0 Å². The summed E-state index contributed by atoms with van der Waals surface area (Å²) in [5.74, 6) is -0.275. The number of carbonyl (C=O) groups is 1. The van der Waals surface area contributed by atoms with E-state index in [4.69, 9.17) is 0 Å². The third-order valence-electron chi connectivity index (χ3n) is 3.60. The van der Waals surface area contributed by atoms with Crippen LogP contribution >= 0.6 is 0 Å². The van der Waals surface area contributed by atoms with Gasteiger partial charge in [0.25, 0.3) is 0 Å². The first kappa shape index (κ1) is 17.4. The van der Waals surface area contributed by atoms with Gasteiger partial charge in [-0.25, -0.2) is 0 Å². The number of carboxylic acids is 1. The summed E-state index contributed by atoms with van der Waals surface area (Å²) in [5.41, 5.74) is -0.481. The molecule has 1 N–H and O–H groups in total. The van der Waals surface area contributed by atoms with E-state index in [2.05, 4.69) is 13.8 Å². The largest absolute Gasteiger partial charge is 0.481 e. The molecule has 2 nitrogen and oxygen atoms in total. The van der Waals surface area contributed by atoms with E-state index >= 15 is 0 Å². The maximum atomic E-state index is 11.4. The van der Waals surface area contributed by atoms with Gasteiger partial charge in [-0.3, -0.25) is 4.79 Å². The Morgan fingerprint density at radius 3 is 1.87 bits per heavy atom. The molecule has 0 bridgehead atoms. The third-order valence-corrected chi connectivity index (χ3v) is 3.60. The minimum Gasteiger partial charge on any atom is -0.481 e. The van der Waals surface area contributed by atoms with E-state index in [1.54, 1.807) is 0 Å². The predicted octanol–water partition coefficient (Wildman–Crippen LogP) is 3.70. The van der Waals surface area contributed by atoms with Gasteiger partial charge in [-0.2, -0.15) is 0 Å². The number of carboxylic acid groups (broad SMARTS) is 1. The summed E-state index contributed by atoms with van der Waals surface area (Å²) in [5, 5.41) is 9.35. The Kier molecular flexibility index (Phi) is 9.50. The minimum absolute atomic E-state index is 0. The van der Waals surface area contributed by atoms with Crippen molar-refractivity contribution in [1.82, 2.24) is 0 Å². The van der Waals surface area contributed by atoms with E-state index in [1.807, 2.05) is 13.8 Å². The van der Waals surface area contributed by atoms with Crippen LogP contribution in [0.3, 0.4) is 0 Å². The monoisotopic (exact) mass is 252 g/mol. The van der Waals surface area contributed by atoms with Crippen LogP contribution in [0.5, 0.6) is 0 Å². The number of hydrogen-bond donors (Lipinski definition) is 1. The molecule has 0 heterocycles. The Morgan fingerprint density at radius 2 is 1.67 bits per heavy atom. The molecule has 0 aromatic carbocycles. The SMILES string of the molecule is CCCC(CC)C(CC)(CC)C(=O)O.[Cr]. The second-order valence-corrected chi connectivity index (χ2v) is 4.06. The van der Waals surface area contributed by atoms with Crippen LogP contribution in [0, 0.1) is 11.3 Å². The molecule has 0 radical (unpaired) electrons. The summed E-state index contributed by atoms with van der Waals surface area (Å²) >= 11 is 0. The van der Waals surface area contributed by atoms with E-state index in [0.717, 1.165) is 32.1 Å². The fourth-order valence-electron chi connectivity index (χ4n) is 2.52. The molecule has 15 heavy (non-hydrogen) atoms. The normalized spacial score (nSPS) is 13.1. The zero-order chi connectivity index (χ0) is 11.2. The molecule has 0 saturated heterocycles. The van der Waals surface area contributed by atoms with Crippen molar-refractivity contribution in [3.63, 3.8) is 0 Å². The Bertz CT molecular complexity index is 176. The summed E-state index contributed by atoms with van der Waals surface area (Å²) in [6.07, 6.45) is 4.58. The molecule has 3 heteroatoms. The van der Waals surface area contributed by atoms with Crippen molar-refractivity contribution in [2.75, 3.05) is 0 Å². The Balaban J connectivity index is 0. The minimum atomic E-state index is -0.609. The standard InChI is InChI=1S/C12H24O2.Cr/c1-5-9-10(6-2)12(7-3,8-4)11(13)14;/h10H,5-9H2,1-4H3,(H,13,14);. The van der Waals surface area contributed by atoms with Crippen LogP contribution in [0.1, 0.15) is 59.8 Å². The maximum absolute atomic E-state index is 11.4. The van der Waals surface area contributed by atoms with Gasteiger partial charge >= 0.3 is 5.97 Å². The summed E-state index contributed by atoms with van der Waals surface area (Å²) in [6, 6.07) is 0. The number of hydrogen-bond acceptors (Lipinski definition) is 1. The Hall–Kier alpha value is 0.00247. The molecule has 0 aromatic heterocycles. The maximum Gasteiger partial charge on any atom is 0.309 e. The molecule has 0 aliphatic carbocycles. The van der Waals surface area contributed by atoms with Gasteiger partial charge in [-0.1, -0.05) is 40.5 Å². The van der Waals surface area contributed by atoms with Crippen LogP contribution < -0.4 is 0 Å². The third kappa shape index (κ3) is 3.81. The first-order valence-corrected chi connectivity index (χ1v) is 5.82. The van der Waals surface area contributed by atoms with Gasteiger partial charge in [0.1, 0.15) is 0 Å². The second-order valence-electron chi connectivity index (χ2n) is 4.06. The molecule has 0 aromatic rings. The average molecular weight is 252 g/mol. The number of aliphatic carboxylic acids is 1. The molecule has 0 spiro atoms. The van der Waals surface area contributed by atoms with Crippen molar-refractivity contribution in [2.45, 2.75) is 59.8 Å². The zero-order valence-corrected chi connectivity index (χ0v) is 11.7. The molecule has 0 aliphatic heterocycles. The summed E-state index contributed by atoms with van der Waals surface area (Å²) in [7, 11) is 0. The molecule has 90 valence electrons. The fourth-order valence-corrected chi connectivity index (χ4v) is 2.52. The van der Waals surface area contributed by atoms with E-state index in [0.29, 0.717) is 5.92 Å². The smallest absolute Gasteiger partial charge is 0.309 e. The van der Waals surface area contributed by atoms with E-state index in [1.165, 1.54) is 0 Å².